The van der Waals surface area contributed by atoms with Gasteiger partial charge in [0.25, 0.3) is 0 Å². The molecule has 0 bridgehead atoms. The van der Waals surface area contributed by atoms with Gasteiger partial charge in [-0.1, -0.05) is 31.2 Å². The van der Waals surface area contributed by atoms with Gasteiger partial charge in [0, 0.05) is 18.2 Å². The first-order valence-corrected chi connectivity index (χ1v) is 4.39. The fraction of sp³-hybridized carbons (Fsp3) is 0.364. The molecule has 12 heavy (non-hydrogen) atoms. The van der Waals surface area contributed by atoms with Gasteiger partial charge in [0.2, 0.25) is 0 Å². The molecule has 1 atom stereocenters. The molecule has 0 aliphatic carbocycles. The molecule has 0 amide bonds. The Hall–Kier alpha value is -1.11. The summed E-state index contributed by atoms with van der Waals surface area (Å²) in [5.41, 5.74) is 3.96. The molecule has 1 aliphatic rings. The predicted molar refractivity (Wildman–Crippen MR) is 51.9 cm³/mol. The molecule has 62 valence electrons. The van der Waals surface area contributed by atoms with E-state index in [4.69, 9.17) is 0 Å². The smallest absolute Gasteiger partial charge is 0.0458 e. The van der Waals surface area contributed by atoms with Crippen molar-refractivity contribution in [3.63, 3.8) is 0 Å². The zero-order valence-corrected chi connectivity index (χ0v) is 7.54. The van der Waals surface area contributed by atoms with Crippen LogP contribution >= 0.6 is 0 Å². The molecule has 0 aromatic heterocycles. The highest BCUT2D eigenvalue weighted by atomic mass is 14.8. The zero-order valence-electron chi connectivity index (χ0n) is 7.54. The number of nitrogens with zero attached hydrogens (tertiary/aromatic N) is 1. The minimum absolute atomic E-state index is 0.588. The molecule has 0 radical (unpaired) electrons. The monoisotopic (exact) mass is 159 g/mol. The summed E-state index contributed by atoms with van der Waals surface area (Å²) in [6.45, 7) is 5.27. The van der Waals surface area contributed by atoms with Gasteiger partial charge in [0.1, 0.15) is 0 Å². The van der Waals surface area contributed by atoms with E-state index in [1.54, 1.807) is 0 Å². The lowest BCUT2D eigenvalue weighted by Crippen LogP contribution is -2.12. The molecule has 2 rings (SSSR count). The lowest BCUT2D eigenvalue weighted by molar-refractivity contribution is 0.760. The van der Waals surface area contributed by atoms with Gasteiger partial charge >= 0.3 is 0 Å². The Balaban J connectivity index is 2.58. The van der Waals surface area contributed by atoms with Crippen LogP contribution in [0, 0.1) is 0 Å². The average Bonchev–Trinajstić information content (AvgIpc) is 2.12. The molecular formula is C11H13N. The summed E-state index contributed by atoms with van der Waals surface area (Å²) in [5, 5.41) is 0. The van der Waals surface area contributed by atoms with E-state index in [1.165, 1.54) is 16.8 Å². The van der Waals surface area contributed by atoms with E-state index in [-0.39, 0.29) is 0 Å². The summed E-state index contributed by atoms with van der Waals surface area (Å²) in [6.07, 6.45) is 0. The summed E-state index contributed by atoms with van der Waals surface area (Å²) in [6, 6.07) is 8.55. The van der Waals surface area contributed by atoms with Crippen LogP contribution in [0.3, 0.4) is 0 Å². The SMILES string of the molecule is CC1=NC[C@H](C)c2ccccc21. The Morgan fingerprint density at radius 1 is 1.33 bits per heavy atom. The molecule has 1 aromatic carbocycles. The Labute approximate surface area is 73.1 Å². The summed E-state index contributed by atoms with van der Waals surface area (Å²) in [5.74, 6) is 0.588. The van der Waals surface area contributed by atoms with Crippen molar-refractivity contribution in [2.45, 2.75) is 19.8 Å². The first-order valence-electron chi connectivity index (χ1n) is 4.39. The minimum atomic E-state index is 0.588. The maximum atomic E-state index is 4.47. The second kappa shape index (κ2) is 2.74. The van der Waals surface area contributed by atoms with Crippen LogP contribution in [-0.2, 0) is 0 Å². The topological polar surface area (TPSA) is 12.4 Å². The van der Waals surface area contributed by atoms with Gasteiger partial charge in [-0.2, -0.15) is 0 Å². The average molecular weight is 159 g/mol. The van der Waals surface area contributed by atoms with Crippen molar-refractivity contribution in [1.29, 1.82) is 0 Å². The van der Waals surface area contributed by atoms with Crippen molar-refractivity contribution >= 4 is 5.71 Å². The number of aliphatic imine (C=N–C) groups is 1. The molecular weight excluding hydrogens is 146 g/mol. The lowest BCUT2D eigenvalue weighted by atomic mass is 9.91. The first kappa shape index (κ1) is 7.53. The summed E-state index contributed by atoms with van der Waals surface area (Å²) in [7, 11) is 0. The summed E-state index contributed by atoms with van der Waals surface area (Å²) >= 11 is 0. The van der Waals surface area contributed by atoms with E-state index in [0.717, 1.165) is 6.54 Å². The zero-order chi connectivity index (χ0) is 8.55. The first-order chi connectivity index (χ1) is 5.79. The van der Waals surface area contributed by atoms with Crippen molar-refractivity contribution in [2.75, 3.05) is 6.54 Å². The van der Waals surface area contributed by atoms with Crippen molar-refractivity contribution in [3.8, 4) is 0 Å². The van der Waals surface area contributed by atoms with E-state index < -0.39 is 0 Å². The van der Waals surface area contributed by atoms with Gasteiger partial charge in [-0.3, -0.25) is 4.99 Å². The highest BCUT2D eigenvalue weighted by Crippen LogP contribution is 2.24. The van der Waals surface area contributed by atoms with Crippen LogP contribution in [0.1, 0.15) is 30.9 Å². The molecule has 1 aliphatic heterocycles. The summed E-state index contributed by atoms with van der Waals surface area (Å²) < 4.78 is 0. The predicted octanol–water partition coefficient (Wildman–Crippen LogP) is 2.61. The van der Waals surface area contributed by atoms with Crippen LogP contribution in [0.15, 0.2) is 29.3 Å². The third-order valence-corrected chi connectivity index (χ3v) is 2.48. The van der Waals surface area contributed by atoms with E-state index in [2.05, 4.69) is 43.1 Å². The Morgan fingerprint density at radius 2 is 2.08 bits per heavy atom. The van der Waals surface area contributed by atoms with Gasteiger partial charge in [-0.15, -0.1) is 0 Å². The second-order valence-corrected chi connectivity index (χ2v) is 3.41. The van der Waals surface area contributed by atoms with Crippen molar-refractivity contribution < 1.29 is 0 Å². The Kier molecular flexibility index (Phi) is 1.72. The number of fused-ring (bicyclic) bond motifs is 1. The maximum absolute atomic E-state index is 4.47. The van der Waals surface area contributed by atoms with Crippen LogP contribution in [-0.4, -0.2) is 12.3 Å². The van der Waals surface area contributed by atoms with Crippen LogP contribution < -0.4 is 0 Å². The van der Waals surface area contributed by atoms with Crippen molar-refractivity contribution in [1.82, 2.24) is 0 Å². The molecule has 1 aromatic rings. The number of hydrogen-bond donors (Lipinski definition) is 0. The van der Waals surface area contributed by atoms with Crippen molar-refractivity contribution in [2.24, 2.45) is 4.99 Å². The number of rotatable bonds is 0. The molecule has 0 unspecified atom stereocenters. The van der Waals surface area contributed by atoms with Gasteiger partial charge in [-0.05, 0) is 18.1 Å². The fourth-order valence-electron chi connectivity index (χ4n) is 1.71. The van der Waals surface area contributed by atoms with Gasteiger partial charge in [0.15, 0.2) is 0 Å². The van der Waals surface area contributed by atoms with E-state index in [1.807, 2.05) is 0 Å². The molecule has 1 heteroatoms. The highest BCUT2D eigenvalue weighted by Gasteiger charge is 2.15. The maximum Gasteiger partial charge on any atom is 0.0458 e. The van der Waals surface area contributed by atoms with E-state index in [0.29, 0.717) is 5.92 Å². The third-order valence-electron chi connectivity index (χ3n) is 2.48. The van der Waals surface area contributed by atoms with Crippen LogP contribution in [0.5, 0.6) is 0 Å². The van der Waals surface area contributed by atoms with Crippen LogP contribution in [0.2, 0.25) is 0 Å². The summed E-state index contributed by atoms with van der Waals surface area (Å²) in [4.78, 5) is 4.47. The molecule has 1 nitrogen and oxygen atoms in total. The Morgan fingerprint density at radius 3 is 2.83 bits per heavy atom. The molecule has 0 N–H and O–H groups in total. The minimum Gasteiger partial charge on any atom is -0.289 e. The normalized spacial score (nSPS) is 21.5. The standard InChI is InChI=1S/C11H13N/c1-8-7-12-9(2)11-6-4-3-5-10(8)11/h3-6,8H,7H2,1-2H3/t8-/m0/s1. The quantitative estimate of drug-likeness (QED) is 0.551. The van der Waals surface area contributed by atoms with Crippen LogP contribution in [0.25, 0.3) is 0 Å². The lowest BCUT2D eigenvalue weighted by Gasteiger charge is -2.19. The van der Waals surface area contributed by atoms with E-state index >= 15 is 0 Å². The fourth-order valence-corrected chi connectivity index (χ4v) is 1.71. The number of hydrogen-bond acceptors (Lipinski definition) is 1. The Bertz CT molecular complexity index is 326. The van der Waals surface area contributed by atoms with Gasteiger partial charge in [-0.25, -0.2) is 0 Å². The second-order valence-electron chi connectivity index (χ2n) is 3.41. The molecule has 0 fully saturated rings. The van der Waals surface area contributed by atoms with E-state index in [9.17, 15) is 0 Å². The molecule has 0 saturated carbocycles. The molecule has 0 spiro atoms. The van der Waals surface area contributed by atoms with Gasteiger partial charge < -0.3 is 0 Å². The van der Waals surface area contributed by atoms with Gasteiger partial charge in [0.05, 0.1) is 0 Å². The molecule has 0 saturated heterocycles. The largest absolute Gasteiger partial charge is 0.289 e. The van der Waals surface area contributed by atoms with Crippen molar-refractivity contribution in [3.05, 3.63) is 35.4 Å². The number of benzene rings is 1. The third kappa shape index (κ3) is 1.06. The molecule has 1 heterocycles. The van der Waals surface area contributed by atoms with Crippen LogP contribution in [0.4, 0.5) is 0 Å². The highest BCUT2D eigenvalue weighted by molar-refractivity contribution is 6.00.